The zero-order valence-electron chi connectivity index (χ0n) is 11.0. The average Bonchev–Trinajstić information content (AvgIpc) is 2.94. The summed E-state index contributed by atoms with van der Waals surface area (Å²) >= 11 is 1.54. The molecule has 1 aliphatic heterocycles. The molecule has 0 amide bonds. The van der Waals surface area contributed by atoms with Crippen LogP contribution in [-0.4, -0.2) is 23.1 Å². The molecule has 1 aromatic heterocycles. The Morgan fingerprint density at radius 3 is 3.00 bits per heavy atom. The Hall–Kier alpha value is -0.450. The second-order valence-corrected chi connectivity index (χ2v) is 6.24. The summed E-state index contributed by atoms with van der Waals surface area (Å²) < 4.78 is 10.8. The minimum absolute atomic E-state index is 0.0119. The van der Waals surface area contributed by atoms with Gasteiger partial charge in [0.2, 0.25) is 0 Å². The lowest BCUT2D eigenvalue weighted by Crippen LogP contribution is -2.54. The summed E-state index contributed by atoms with van der Waals surface area (Å²) in [6.07, 6.45) is 6.28. The van der Waals surface area contributed by atoms with Gasteiger partial charge in [-0.25, -0.2) is 0 Å². The van der Waals surface area contributed by atoms with Crippen LogP contribution in [0.1, 0.15) is 50.8 Å². The quantitative estimate of drug-likeness (QED) is 0.893. The Bertz CT molecular complexity index is 371. The summed E-state index contributed by atoms with van der Waals surface area (Å²) in [5, 5.41) is 5.70. The molecule has 100 valence electrons. The molecule has 4 heteroatoms. The van der Waals surface area contributed by atoms with Gasteiger partial charge in [-0.2, -0.15) is 4.37 Å². The fourth-order valence-electron chi connectivity index (χ4n) is 3.48. The predicted octanol–water partition coefficient (Wildman–Crippen LogP) is 3.14. The Morgan fingerprint density at radius 1 is 1.50 bits per heavy atom. The number of rotatable bonds is 2. The maximum Gasteiger partial charge on any atom is 0.0892 e. The summed E-state index contributed by atoms with van der Waals surface area (Å²) in [6.45, 7) is 4.10. The second kappa shape index (κ2) is 5.27. The van der Waals surface area contributed by atoms with Crippen LogP contribution in [0.4, 0.5) is 0 Å². The van der Waals surface area contributed by atoms with Crippen molar-refractivity contribution < 1.29 is 4.74 Å². The second-order valence-electron chi connectivity index (χ2n) is 5.58. The summed E-state index contributed by atoms with van der Waals surface area (Å²) in [5.74, 6) is 0.900. The van der Waals surface area contributed by atoms with E-state index in [0.717, 1.165) is 19.1 Å². The minimum Gasteiger partial charge on any atom is -0.372 e. The number of hydrogen-bond donors (Lipinski definition) is 1. The first-order valence-electron chi connectivity index (χ1n) is 7.12. The van der Waals surface area contributed by atoms with E-state index in [4.69, 9.17) is 4.74 Å². The molecule has 1 saturated heterocycles. The summed E-state index contributed by atoms with van der Waals surface area (Å²) in [5.41, 5.74) is 1.19. The highest BCUT2D eigenvalue weighted by Crippen LogP contribution is 2.44. The highest BCUT2D eigenvalue weighted by atomic mass is 32.1. The van der Waals surface area contributed by atoms with Gasteiger partial charge in [-0.3, -0.25) is 0 Å². The zero-order chi connectivity index (χ0) is 12.4. The van der Waals surface area contributed by atoms with E-state index in [-0.39, 0.29) is 5.60 Å². The molecule has 0 radical (unpaired) electrons. The first-order valence-corrected chi connectivity index (χ1v) is 7.95. The maximum atomic E-state index is 6.24. The Morgan fingerprint density at radius 2 is 2.33 bits per heavy atom. The fraction of sp³-hybridized carbons (Fsp3) is 0.786. The number of nitrogens with zero attached hydrogens (tertiary/aromatic N) is 1. The summed E-state index contributed by atoms with van der Waals surface area (Å²) in [7, 11) is 0. The minimum atomic E-state index is 0.0119. The number of hydrogen-bond acceptors (Lipinski definition) is 4. The molecule has 1 aromatic rings. The average molecular weight is 266 g/mol. The van der Waals surface area contributed by atoms with Gasteiger partial charge >= 0.3 is 0 Å². The highest BCUT2D eigenvalue weighted by Gasteiger charge is 2.45. The molecule has 1 atom stereocenters. The van der Waals surface area contributed by atoms with Gasteiger partial charge in [-0.15, -0.1) is 0 Å². The lowest BCUT2D eigenvalue weighted by atomic mass is 9.72. The Balaban J connectivity index is 1.79. The molecule has 2 fully saturated rings. The Kier molecular flexibility index (Phi) is 3.68. The van der Waals surface area contributed by atoms with Crippen LogP contribution in [0.3, 0.4) is 0 Å². The van der Waals surface area contributed by atoms with E-state index >= 15 is 0 Å². The molecule has 0 aromatic carbocycles. The molecule has 3 nitrogen and oxygen atoms in total. The van der Waals surface area contributed by atoms with Gasteiger partial charge in [0.1, 0.15) is 0 Å². The topological polar surface area (TPSA) is 34.1 Å². The number of morpholine rings is 1. The van der Waals surface area contributed by atoms with E-state index < -0.39 is 0 Å². The van der Waals surface area contributed by atoms with Crippen molar-refractivity contribution in [3.8, 4) is 0 Å². The van der Waals surface area contributed by atoms with Crippen LogP contribution >= 0.6 is 11.5 Å². The number of nitrogens with one attached hydrogen (secondary N) is 1. The van der Waals surface area contributed by atoms with Crippen molar-refractivity contribution in [3.63, 3.8) is 0 Å². The molecule has 2 aliphatic rings. The molecular weight excluding hydrogens is 244 g/mol. The molecule has 1 unspecified atom stereocenters. The van der Waals surface area contributed by atoms with Crippen molar-refractivity contribution in [3.05, 3.63) is 17.1 Å². The Labute approximate surface area is 113 Å². The lowest BCUT2D eigenvalue weighted by Gasteiger charge is -2.47. The largest absolute Gasteiger partial charge is 0.372 e. The molecule has 1 N–H and O–H groups in total. The first kappa shape index (κ1) is 12.6. The molecule has 3 rings (SSSR count). The highest BCUT2D eigenvalue weighted by molar-refractivity contribution is 7.03. The van der Waals surface area contributed by atoms with Gasteiger partial charge in [0.05, 0.1) is 23.9 Å². The van der Waals surface area contributed by atoms with Gasteiger partial charge in [0.25, 0.3) is 0 Å². The van der Waals surface area contributed by atoms with Crippen molar-refractivity contribution >= 4 is 11.5 Å². The third-order valence-corrected chi connectivity index (χ3v) is 5.22. The van der Waals surface area contributed by atoms with E-state index in [1.807, 2.05) is 0 Å². The van der Waals surface area contributed by atoms with Crippen LogP contribution in [0.5, 0.6) is 0 Å². The molecule has 0 bridgehead atoms. The van der Waals surface area contributed by atoms with Crippen molar-refractivity contribution in [2.24, 2.45) is 5.92 Å². The molecule has 2 heterocycles. The van der Waals surface area contributed by atoms with Crippen molar-refractivity contribution in [1.82, 2.24) is 9.69 Å². The molecule has 1 saturated carbocycles. The maximum absolute atomic E-state index is 6.24. The van der Waals surface area contributed by atoms with Gasteiger partial charge < -0.3 is 10.1 Å². The van der Waals surface area contributed by atoms with Crippen LogP contribution in [-0.2, 0) is 4.74 Å². The summed E-state index contributed by atoms with van der Waals surface area (Å²) in [6, 6.07) is 2.44. The van der Waals surface area contributed by atoms with Crippen molar-refractivity contribution in [1.29, 1.82) is 0 Å². The van der Waals surface area contributed by atoms with E-state index in [1.165, 1.54) is 37.8 Å². The van der Waals surface area contributed by atoms with E-state index in [1.54, 1.807) is 11.5 Å². The first-order chi connectivity index (χ1) is 8.84. The van der Waals surface area contributed by atoms with E-state index in [2.05, 4.69) is 28.1 Å². The molecule has 18 heavy (non-hydrogen) atoms. The number of aromatic nitrogens is 1. The van der Waals surface area contributed by atoms with Crippen molar-refractivity contribution in [2.75, 3.05) is 13.2 Å². The molecule has 1 aliphatic carbocycles. The molecule has 1 spiro atoms. The van der Waals surface area contributed by atoms with Crippen LogP contribution in [0.15, 0.2) is 11.4 Å². The van der Waals surface area contributed by atoms with Crippen LogP contribution < -0.4 is 5.32 Å². The fourth-order valence-corrected chi connectivity index (χ4v) is 4.03. The smallest absolute Gasteiger partial charge is 0.0892 e. The van der Waals surface area contributed by atoms with E-state index in [9.17, 15) is 0 Å². The SMILES string of the molecule is CCC1CCC2(CC1)OCCNC2c1ccsn1. The third-order valence-electron chi connectivity index (χ3n) is 4.65. The van der Waals surface area contributed by atoms with Crippen LogP contribution in [0, 0.1) is 5.92 Å². The van der Waals surface area contributed by atoms with Gasteiger partial charge in [0.15, 0.2) is 0 Å². The standard InChI is InChI=1S/C14H22N2OS/c1-2-11-3-6-14(7-4-11)13(15-8-9-17-14)12-5-10-18-16-12/h5,10-11,13,15H,2-4,6-9H2,1H3. The lowest BCUT2D eigenvalue weighted by molar-refractivity contribution is -0.126. The number of ether oxygens (including phenoxy) is 1. The van der Waals surface area contributed by atoms with Gasteiger partial charge in [-0.1, -0.05) is 13.3 Å². The zero-order valence-corrected chi connectivity index (χ0v) is 11.8. The molecular formula is C14H22N2OS. The van der Waals surface area contributed by atoms with Crippen LogP contribution in [0.2, 0.25) is 0 Å². The summed E-state index contributed by atoms with van der Waals surface area (Å²) in [4.78, 5) is 0. The van der Waals surface area contributed by atoms with Gasteiger partial charge in [0, 0.05) is 11.9 Å². The third kappa shape index (κ3) is 2.22. The normalized spacial score (nSPS) is 36.9. The predicted molar refractivity (Wildman–Crippen MR) is 73.8 cm³/mol. The van der Waals surface area contributed by atoms with Crippen molar-refractivity contribution in [2.45, 2.75) is 50.7 Å². The monoisotopic (exact) mass is 266 g/mol. The van der Waals surface area contributed by atoms with Crippen LogP contribution in [0.25, 0.3) is 0 Å². The van der Waals surface area contributed by atoms with E-state index in [0.29, 0.717) is 6.04 Å². The van der Waals surface area contributed by atoms with Gasteiger partial charge in [-0.05, 0) is 49.2 Å².